The van der Waals surface area contributed by atoms with E-state index in [1.807, 2.05) is 6.07 Å². The highest BCUT2D eigenvalue weighted by atomic mass is 16.2. The van der Waals surface area contributed by atoms with Crippen LogP contribution >= 0.6 is 0 Å². The fraction of sp³-hybridized carbons (Fsp3) is 0.353. The van der Waals surface area contributed by atoms with Gasteiger partial charge in [0.25, 0.3) is 5.56 Å². The Labute approximate surface area is 138 Å². The summed E-state index contributed by atoms with van der Waals surface area (Å²) in [5.41, 5.74) is 1.89. The third kappa shape index (κ3) is 3.99. The van der Waals surface area contributed by atoms with Crippen molar-refractivity contribution in [2.24, 2.45) is 0 Å². The molecule has 0 atom stereocenters. The third-order valence-corrected chi connectivity index (χ3v) is 4.21. The number of benzene rings is 1. The number of aromatic nitrogens is 2. The Balaban J connectivity index is 1.46. The number of nitrogens with one attached hydrogen (secondary N) is 3. The zero-order chi connectivity index (χ0) is 16.9. The van der Waals surface area contributed by atoms with E-state index in [1.165, 1.54) is 17.3 Å². The molecule has 0 spiro atoms. The molecule has 0 radical (unpaired) electrons. The molecule has 0 aliphatic carbocycles. The maximum Gasteiger partial charge on any atom is 0.325 e. The van der Waals surface area contributed by atoms with E-state index < -0.39 is 11.2 Å². The van der Waals surface area contributed by atoms with Gasteiger partial charge in [-0.05, 0) is 17.5 Å². The van der Waals surface area contributed by atoms with Gasteiger partial charge in [0.1, 0.15) is 0 Å². The van der Waals surface area contributed by atoms with Crippen LogP contribution in [0.3, 0.4) is 0 Å². The van der Waals surface area contributed by atoms with Crippen molar-refractivity contribution in [1.82, 2.24) is 20.2 Å². The Kier molecular flexibility index (Phi) is 4.90. The second-order valence-corrected chi connectivity index (χ2v) is 5.92. The SMILES string of the molecule is O=C(Cc1c[nH]c(=O)[nH]c1=O)NCCN1CCc2ccccc2C1. The lowest BCUT2D eigenvalue weighted by atomic mass is 10.00. The molecule has 3 rings (SSSR count). The molecule has 0 bridgehead atoms. The van der Waals surface area contributed by atoms with E-state index in [1.54, 1.807) is 0 Å². The van der Waals surface area contributed by atoms with Crippen molar-refractivity contribution in [1.29, 1.82) is 0 Å². The molecule has 1 aromatic heterocycles. The van der Waals surface area contributed by atoms with Crippen LogP contribution in [0, 0.1) is 0 Å². The first-order chi connectivity index (χ1) is 11.6. The van der Waals surface area contributed by atoms with Gasteiger partial charge in [-0.25, -0.2) is 4.79 Å². The van der Waals surface area contributed by atoms with Crippen LogP contribution in [0.5, 0.6) is 0 Å². The highest BCUT2D eigenvalue weighted by Crippen LogP contribution is 2.17. The molecule has 0 fully saturated rings. The summed E-state index contributed by atoms with van der Waals surface area (Å²) >= 11 is 0. The van der Waals surface area contributed by atoms with E-state index in [2.05, 4.69) is 38.4 Å². The maximum absolute atomic E-state index is 11.9. The summed E-state index contributed by atoms with van der Waals surface area (Å²) in [6.45, 7) is 3.17. The molecule has 0 saturated carbocycles. The normalized spacial score (nSPS) is 14.2. The van der Waals surface area contributed by atoms with Crippen LogP contribution in [0.4, 0.5) is 0 Å². The molecular formula is C17H20N4O3. The Morgan fingerprint density at radius 1 is 1.21 bits per heavy atom. The van der Waals surface area contributed by atoms with Crippen LogP contribution in [0.15, 0.2) is 40.1 Å². The Morgan fingerprint density at radius 2 is 2.00 bits per heavy atom. The highest BCUT2D eigenvalue weighted by molar-refractivity contribution is 5.78. The second kappa shape index (κ2) is 7.27. The fourth-order valence-electron chi connectivity index (χ4n) is 2.90. The molecule has 2 aromatic rings. The van der Waals surface area contributed by atoms with Gasteiger partial charge in [0.15, 0.2) is 0 Å². The van der Waals surface area contributed by atoms with Crippen molar-refractivity contribution >= 4 is 5.91 Å². The van der Waals surface area contributed by atoms with Gasteiger partial charge in [-0.3, -0.25) is 19.5 Å². The number of carbonyl (C=O) groups excluding carboxylic acids is 1. The smallest absolute Gasteiger partial charge is 0.325 e. The number of carbonyl (C=O) groups is 1. The number of aromatic amines is 2. The van der Waals surface area contributed by atoms with Crippen molar-refractivity contribution in [3.05, 3.63) is 68.0 Å². The van der Waals surface area contributed by atoms with Crippen LogP contribution in [-0.4, -0.2) is 40.4 Å². The molecule has 126 valence electrons. The van der Waals surface area contributed by atoms with Gasteiger partial charge in [0, 0.05) is 37.9 Å². The maximum atomic E-state index is 11.9. The van der Waals surface area contributed by atoms with Gasteiger partial charge >= 0.3 is 5.69 Å². The van der Waals surface area contributed by atoms with Crippen molar-refractivity contribution in [3.63, 3.8) is 0 Å². The van der Waals surface area contributed by atoms with Crippen molar-refractivity contribution in [3.8, 4) is 0 Å². The van der Waals surface area contributed by atoms with E-state index in [4.69, 9.17) is 0 Å². The van der Waals surface area contributed by atoms with Gasteiger partial charge in [0.2, 0.25) is 5.91 Å². The van der Waals surface area contributed by atoms with E-state index in [0.29, 0.717) is 6.54 Å². The van der Waals surface area contributed by atoms with Gasteiger partial charge in [-0.15, -0.1) is 0 Å². The van der Waals surface area contributed by atoms with Crippen LogP contribution in [-0.2, 0) is 24.2 Å². The number of H-pyrrole nitrogens is 2. The van der Waals surface area contributed by atoms with E-state index in [0.717, 1.165) is 26.1 Å². The summed E-state index contributed by atoms with van der Waals surface area (Å²) in [5, 5.41) is 2.82. The average molecular weight is 328 g/mol. The van der Waals surface area contributed by atoms with Crippen molar-refractivity contribution < 1.29 is 4.79 Å². The molecule has 1 aliphatic rings. The second-order valence-electron chi connectivity index (χ2n) is 5.92. The summed E-state index contributed by atoms with van der Waals surface area (Å²) < 4.78 is 0. The standard InChI is InChI=1S/C17H20N4O3/c22-15(9-14-10-19-17(24)20-16(14)23)18-6-8-21-7-5-12-3-1-2-4-13(12)11-21/h1-4,10H,5-9,11H2,(H,18,22)(H2,19,20,23,24). The summed E-state index contributed by atoms with van der Waals surface area (Å²) in [6.07, 6.45) is 2.26. The first-order valence-corrected chi connectivity index (χ1v) is 7.98. The molecule has 7 heteroatoms. The van der Waals surface area contributed by atoms with E-state index >= 15 is 0 Å². The van der Waals surface area contributed by atoms with Crippen LogP contribution in [0.25, 0.3) is 0 Å². The predicted octanol–water partition coefficient (Wildman–Crippen LogP) is -0.220. The molecule has 0 saturated heterocycles. The molecule has 1 aromatic carbocycles. The minimum absolute atomic E-state index is 0.0467. The minimum atomic E-state index is -0.575. The number of fused-ring (bicyclic) bond motifs is 1. The third-order valence-electron chi connectivity index (χ3n) is 4.21. The van der Waals surface area contributed by atoms with Gasteiger partial charge < -0.3 is 10.3 Å². The van der Waals surface area contributed by atoms with E-state index in [-0.39, 0.29) is 17.9 Å². The molecular weight excluding hydrogens is 308 g/mol. The molecule has 0 unspecified atom stereocenters. The highest BCUT2D eigenvalue weighted by Gasteiger charge is 2.15. The molecule has 2 heterocycles. The molecule has 1 aliphatic heterocycles. The van der Waals surface area contributed by atoms with Crippen LogP contribution < -0.4 is 16.6 Å². The first-order valence-electron chi connectivity index (χ1n) is 7.98. The Hall–Kier alpha value is -2.67. The number of rotatable bonds is 5. The van der Waals surface area contributed by atoms with Crippen molar-refractivity contribution in [2.45, 2.75) is 19.4 Å². The number of hydrogen-bond acceptors (Lipinski definition) is 4. The molecule has 24 heavy (non-hydrogen) atoms. The molecule has 3 N–H and O–H groups in total. The lowest BCUT2D eigenvalue weighted by Gasteiger charge is -2.28. The largest absolute Gasteiger partial charge is 0.355 e. The minimum Gasteiger partial charge on any atom is -0.355 e. The fourth-order valence-corrected chi connectivity index (χ4v) is 2.90. The number of nitrogens with zero attached hydrogens (tertiary/aromatic N) is 1. The van der Waals surface area contributed by atoms with E-state index in [9.17, 15) is 14.4 Å². The predicted molar refractivity (Wildman–Crippen MR) is 89.8 cm³/mol. The summed E-state index contributed by atoms with van der Waals surface area (Å²) in [6, 6.07) is 8.41. The monoisotopic (exact) mass is 328 g/mol. The zero-order valence-electron chi connectivity index (χ0n) is 13.3. The lowest BCUT2D eigenvalue weighted by Crippen LogP contribution is -2.38. The first kappa shape index (κ1) is 16.2. The lowest BCUT2D eigenvalue weighted by molar-refractivity contribution is -0.120. The Morgan fingerprint density at radius 3 is 2.79 bits per heavy atom. The van der Waals surface area contributed by atoms with Crippen LogP contribution in [0.2, 0.25) is 0 Å². The Bertz CT molecular complexity index is 840. The van der Waals surface area contributed by atoms with Gasteiger partial charge in [-0.1, -0.05) is 24.3 Å². The van der Waals surface area contributed by atoms with Crippen molar-refractivity contribution in [2.75, 3.05) is 19.6 Å². The zero-order valence-corrected chi connectivity index (χ0v) is 13.3. The number of hydrogen-bond donors (Lipinski definition) is 3. The van der Waals surface area contributed by atoms with Crippen LogP contribution in [0.1, 0.15) is 16.7 Å². The molecule has 7 nitrogen and oxygen atoms in total. The van der Waals surface area contributed by atoms with Gasteiger partial charge in [-0.2, -0.15) is 0 Å². The topological polar surface area (TPSA) is 98.1 Å². The number of amides is 1. The summed E-state index contributed by atoms with van der Waals surface area (Å²) in [4.78, 5) is 41.2. The summed E-state index contributed by atoms with van der Waals surface area (Å²) in [7, 11) is 0. The quantitative estimate of drug-likeness (QED) is 0.707. The average Bonchev–Trinajstić information content (AvgIpc) is 2.57. The summed E-state index contributed by atoms with van der Waals surface area (Å²) in [5.74, 6) is -0.232. The molecule has 1 amide bonds. The van der Waals surface area contributed by atoms with Gasteiger partial charge in [0.05, 0.1) is 6.42 Å².